The highest BCUT2D eigenvalue weighted by molar-refractivity contribution is 6.74. The molecule has 0 rings (SSSR count). The third kappa shape index (κ3) is 5.13. The fourth-order valence-electron chi connectivity index (χ4n) is 2.57. The lowest BCUT2D eigenvalue weighted by molar-refractivity contribution is -0.126. The summed E-state index contributed by atoms with van der Waals surface area (Å²) in [6.45, 7) is 13.0. The zero-order chi connectivity index (χ0) is 14.9. The Balaban J connectivity index is 4.88. The zero-order valence-corrected chi connectivity index (χ0v) is 15.6. The monoisotopic (exact) mass is 304 g/mol. The average Bonchev–Trinajstić information content (AvgIpc) is 2.49. The highest BCUT2D eigenvalue weighted by atomic mass is 28.4. The van der Waals surface area contributed by atoms with Crippen LogP contribution in [0.2, 0.25) is 36.3 Å². The van der Waals surface area contributed by atoms with Gasteiger partial charge in [0.05, 0.1) is 0 Å². The summed E-state index contributed by atoms with van der Waals surface area (Å²) in [7, 11) is -3.55. The molecule has 0 aromatic rings. The Kier molecular flexibility index (Phi) is 9.06. The molecule has 0 atom stereocenters. The normalized spacial score (nSPS) is 13.0. The minimum Gasteiger partial charge on any atom is -0.388 e. The van der Waals surface area contributed by atoms with Crippen molar-refractivity contribution in [2.45, 2.75) is 84.1 Å². The minimum absolute atomic E-state index is 0.627. The van der Waals surface area contributed by atoms with Gasteiger partial charge in [0.1, 0.15) is 0 Å². The van der Waals surface area contributed by atoms with E-state index in [1.807, 2.05) is 0 Å². The zero-order valence-electron chi connectivity index (χ0n) is 13.6. The van der Waals surface area contributed by atoms with E-state index in [4.69, 9.17) is 8.85 Å². The van der Waals surface area contributed by atoms with Crippen molar-refractivity contribution < 1.29 is 13.6 Å². The van der Waals surface area contributed by atoms with E-state index in [-0.39, 0.29) is 0 Å². The molecule has 0 N–H and O–H groups in total. The molecule has 3 nitrogen and oxygen atoms in total. The molecule has 0 bridgehead atoms. The summed E-state index contributed by atoms with van der Waals surface area (Å²) in [6.07, 6.45) is 0.240. The number of hydrogen-bond acceptors (Lipinski definition) is 3. The molecule has 0 aromatic carbocycles. The predicted molar refractivity (Wildman–Crippen MR) is 86.4 cm³/mol. The van der Waals surface area contributed by atoms with E-state index >= 15 is 0 Å². The summed E-state index contributed by atoms with van der Waals surface area (Å²) in [5.74, 6) is 0. The molecule has 0 saturated heterocycles. The lowest BCUT2D eigenvalue weighted by Gasteiger charge is -2.36. The lowest BCUT2D eigenvalue weighted by Crippen LogP contribution is -2.47. The van der Waals surface area contributed by atoms with Gasteiger partial charge in [-0.3, -0.25) is 4.79 Å². The standard InChI is InChI=1S/C14H32O3Si2/c1-7-18(8-2,9-3)16-14(13-15)17-19(10-4,11-5)12-6/h13-14H,7-12H2,1-6H3. The van der Waals surface area contributed by atoms with Crippen LogP contribution in [0.5, 0.6) is 0 Å². The number of hydrogen-bond donors (Lipinski definition) is 0. The summed E-state index contributed by atoms with van der Waals surface area (Å²) in [4.78, 5) is 11.4. The molecule has 0 saturated carbocycles. The van der Waals surface area contributed by atoms with Gasteiger partial charge < -0.3 is 8.85 Å². The van der Waals surface area contributed by atoms with Crippen molar-refractivity contribution in [2.24, 2.45) is 0 Å². The first-order chi connectivity index (χ1) is 9.00. The molecule has 5 heteroatoms. The largest absolute Gasteiger partial charge is 0.388 e. The fourth-order valence-corrected chi connectivity index (χ4v) is 7.86. The minimum atomic E-state index is -1.77. The van der Waals surface area contributed by atoms with Gasteiger partial charge in [-0.2, -0.15) is 0 Å². The second-order valence-corrected chi connectivity index (χ2v) is 14.7. The second-order valence-electron chi connectivity index (χ2n) is 5.23. The Morgan fingerprint density at radius 1 is 0.737 bits per heavy atom. The van der Waals surface area contributed by atoms with Crippen LogP contribution < -0.4 is 0 Å². The van der Waals surface area contributed by atoms with E-state index in [1.165, 1.54) is 0 Å². The molecular weight excluding hydrogens is 272 g/mol. The molecule has 114 valence electrons. The number of carbonyl (C=O) groups excluding carboxylic acids is 1. The first kappa shape index (κ1) is 19.0. The van der Waals surface area contributed by atoms with Gasteiger partial charge >= 0.3 is 0 Å². The van der Waals surface area contributed by atoms with Crippen LogP contribution in [-0.2, 0) is 13.6 Å². The molecule has 0 aliphatic carbocycles. The van der Waals surface area contributed by atoms with Crippen molar-refractivity contribution in [1.82, 2.24) is 0 Å². The first-order valence-corrected chi connectivity index (χ1v) is 12.9. The topological polar surface area (TPSA) is 35.5 Å². The number of rotatable bonds is 11. The molecule has 19 heavy (non-hydrogen) atoms. The molecule has 0 radical (unpaired) electrons. The van der Waals surface area contributed by atoms with Crippen LogP contribution in [0.3, 0.4) is 0 Å². The highest BCUT2D eigenvalue weighted by Crippen LogP contribution is 2.28. The van der Waals surface area contributed by atoms with E-state index in [1.54, 1.807) is 0 Å². The van der Waals surface area contributed by atoms with Gasteiger partial charge in [0.15, 0.2) is 29.2 Å². The number of carbonyl (C=O) groups is 1. The van der Waals surface area contributed by atoms with Crippen LogP contribution in [-0.4, -0.2) is 29.2 Å². The third-order valence-corrected chi connectivity index (χ3v) is 13.9. The fraction of sp³-hybridized carbons (Fsp3) is 0.929. The molecule has 0 fully saturated rings. The van der Waals surface area contributed by atoms with E-state index in [0.717, 1.165) is 42.6 Å². The van der Waals surface area contributed by atoms with Crippen LogP contribution >= 0.6 is 0 Å². The first-order valence-electron chi connectivity index (χ1n) is 7.81. The Morgan fingerprint density at radius 2 is 1.00 bits per heavy atom. The third-order valence-electron chi connectivity index (χ3n) is 4.71. The van der Waals surface area contributed by atoms with Gasteiger partial charge in [0, 0.05) is 0 Å². The Bertz CT molecular complexity index is 213. The van der Waals surface area contributed by atoms with Crippen molar-refractivity contribution >= 4 is 22.9 Å². The van der Waals surface area contributed by atoms with Crippen molar-refractivity contribution in [1.29, 1.82) is 0 Å². The van der Waals surface area contributed by atoms with Gasteiger partial charge in [0.25, 0.3) is 0 Å². The predicted octanol–water partition coefficient (Wildman–Crippen LogP) is 4.56. The lowest BCUT2D eigenvalue weighted by atomic mass is 10.8. The van der Waals surface area contributed by atoms with E-state index in [9.17, 15) is 4.79 Å². The van der Waals surface area contributed by atoms with Crippen LogP contribution in [0, 0.1) is 0 Å². The molecule has 0 heterocycles. The van der Waals surface area contributed by atoms with E-state index in [2.05, 4.69) is 41.5 Å². The molecule has 0 aromatic heterocycles. The molecule has 0 aliphatic heterocycles. The maximum Gasteiger partial charge on any atom is 0.196 e. The van der Waals surface area contributed by atoms with Crippen LogP contribution in [0.15, 0.2) is 0 Å². The molecule has 0 unspecified atom stereocenters. The average molecular weight is 305 g/mol. The quantitative estimate of drug-likeness (QED) is 0.319. The second kappa shape index (κ2) is 9.05. The summed E-state index contributed by atoms with van der Waals surface area (Å²) >= 11 is 0. The summed E-state index contributed by atoms with van der Waals surface area (Å²) in [6, 6.07) is 6.29. The van der Waals surface area contributed by atoms with Gasteiger partial charge in [0.2, 0.25) is 0 Å². The smallest absolute Gasteiger partial charge is 0.196 e. The van der Waals surface area contributed by atoms with E-state index < -0.39 is 22.9 Å². The van der Waals surface area contributed by atoms with Crippen LogP contribution in [0.25, 0.3) is 0 Å². The van der Waals surface area contributed by atoms with E-state index in [0.29, 0.717) is 0 Å². The number of aldehydes is 1. The SMILES string of the molecule is CC[Si](CC)(CC)OC(C=O)O[Si](CC)(CC)CC. The Hall–Kier alpha value is 0.0238. The molecular formula is C14H32O3Si2. The van der Waals surface area contributed by atoms with Crippen LogP contribution in [0.4, 0.5) is 0 Å². The van der Waals surface area contributed by atoms with Crippen molar-refractivity contribution in [3.8, 4) is 0 Å². The van der Waals surface area contributed by atoms with Crippen molar-refractivity contribution in [3.05, 3.63) is 0 Å². The Morgan fingerprint density at radius 3 is 1.16 bits per heavy atom. The van der Waals surface area contributed by atoms with Gasteiger partial charge in [-0.25, -0.2) is 0 Å². The Labute approximate surface area is 121 Å². The maximum atomic E-state index is 11.4. The molecule has 0 aliphatic rings. The van der Waals surface area contributed by atoms with Gasteiger partial charge in [-0.1, -0.05) is 41.5 Å². The summed E-state index contributed by atoms with van der Waals surface area (Å²) in [5.41, 5.74) is 0. The van der Waals surface area contributed by atoms with Crippen LogP contribution in [0.1, 0.15) is 41.5 Å². The molecule has 0 spiro atoms. The van der Waals surface area contributed by atoms with Gasteiger partial charge in [-0.15, -0.1) is 0 Å². The summed E-state index contributed by atoms with van der Waals surface area (Å²) in [5, 5.41) is 0. The maximum absolute atomic E-state index is 11.4. The van der Waals surface area contributed by atoms with Crippen molar-refractivity contribution in [2.75, 3.05) is 0 Å². The summed E-state index contributed by atoms with van der Waals surface area (Å²) < 4.78 is 12.4. The van der Waals surface area contributed by atoms with Gasteiger partial charge in [-0.05, 0) is 36.3 Å². The highest BCUT2D eigenvalue weighted by Gasteiger charge is 2.37. The molecule has 0 amide bonds. The van der Waals surface area contributed by atoms with Crippen molar-refractivity contribution in [3.63, 3.8) is 0 Å².